The van der Waals surface area contributed by atoms with E-state index in [-0.39, 0.29) is 15.9 Å². The van der Waals surface area contributed by atoms with Crippen LogP contribution in [0.25, 0.3) is 0 Å². The van der Waals surface area contributed by atoms with Crippen molar-refractivity contribution in [1.82, 2.24) is 0 Å². The molecule has 0 rings (SSSR count). The number of rotatable bonds is 0. The summed E-state index contributed by atoms with van der Waals surface area (Å²) in [5.74, 6) is 0. The maximum absolute atomic E-state index is 8.07. The molecular formula is C8H4Cl2N6P2Pd. The third-order valence-electron chi connectivity index (χ3n) is 1.06. The molecule has 2 atom stereocenters. The number of hydrogen-bond acceptors (Lipinski definition) is 6. The molecule has 0 aliphatic carbocycles. The van der Waals surface area contributed by atoms with Crippen LogP contribution in [0.15, 0.2) is 0 Å². The molecule has 19 heavy (non-hydrogen) atoms. The van der Waals surface area contributed by atoms with Crippen LogP contribution in [0.4, 0.5) is 0 Å². The molecule has 0 spiro atoms. The molecule has 0 amide bonds. The van der Waals surface area contributed by atoms with E-state index in [4.69, 9.17) is 50.6 Å². The molecule has 6 nitrogen and oxygen atoms in total. The summed E-state index contributed by atoms with van der Waals surface area (Å²) in [4.78, 5) is 0. The fourth-order valence-electron chi connectivity index (χ4n) is 0.150. The van der Waals surface area contributed by atoms with E-state index in [2.05, 4.69) is 0 Å². The third-order valence-corrected chi connectivity index (χ3v) is 1.83. The van der Waals surface area contributed by atoms with E-state index in [9.17, 15) is 0 Å². The molecule has 11 heteroatoms. The summed E-state index contributed by atoms with van der Waals surface area (Å²) in [5, 5.41) is 45.3. The molecule has 0 aromatic carbocycles. The summed E-state index contributed by atoms with van der Waals surface area (Å²) in [6.45, 7) is 0. The molecule has 0 radical (unpaired) electrons. The molecular weight excluding hydrogens is 419 g/mol. The van der Waals surface area contributed by atoms with Crippen LogP contribution in [0.1, 0.15) is 0 Å². The van der Waals surface area contributed by atoms with E-state index in [1.165, 1.54) is 36.4 Å². The second-order valence-electron chi connectivity index (χ2n) is 2.33. The van der Waals surface area contributed by atoms with E-state index >= 15 is 0 Å². The zero-order chi connectivity index (χ0) is 15.9. The van der Waals surface area contributed by atoms with Gasteiger partial charge in [-0.15, -0.1) is 0 Å². The average Bonchev–Trinajstić information content (AvgIpc) is 2.47. The van der Waals surface area contributed by atoms with E-state index in [0.29, 0.717) is 0 Å². The SMILES string of the molecule is N#CC(P)(C#N)C#N.N#CC(P)(C#N)C#N.[Cl][Pd][Cl]. The Morgan fingerprint density at radius 1 is 0.632 bits per heavy atom. The van der Waals surface area contributed by atoms with Gasteiger partial charge in [-0.25, -0.2) is 0 Å². The molecule has 0 aromatic rings. The van der Waals surface area contributed by atoms with Gasteiger partial charge in [0.05, 0.1) is 0 Å². The number of nitriles is 6. The second-order valence-corrected chi connectivity index (χ2v) is 6.42. The fourth-order valence-corrected chi connectivity index (χ4v) is 0.150. The average molecular weight is 423 g/mol. The molecule has 0 fully saturated rings. The first-order valence-corrected chi connectivity index (χ1v) is 8.82. The van der Waals surface area contributed by atoms with Gasteiger partial charge in [-0.2, -0.15) is 31.6 Å². The van der Waals surface area contributed by atoms with Gasteiger partial charge in [0.2, 0.25) is 10.3 Å². The molecule has 0 aromatic heterocycles. The first-order chi connectivity index (χ1) is 8.78. The van der Waals surface area contributed by atoms with Crippen molar-refractivity contribution in [1.29, 1.82) is 31.6 Å². The van der Waals surface area contributed by atoms with Crippen molar-refractivity contribution >= 4 is 37.5 Å². The van der Waals surface area contributed by atoms with Crippen LogP contribution in [0.2, 0.25) is 0 Å². The number of halogens is 2. The van der Waals surface area contributed by atoms with Crippen molar-refractivity contribution in [3.63, 3.8) is 0 Å². The van der Waals surface area contributed by atoms with Gasteiger partial charge in [0.25, 0.3) is 0 Å². The van der Waals surface area contributed by atoms with Gasteiger partial charge in [0, 0.05) is 0 Å². The van der Waals surface area contributed by atoms with Crippen LogP contribution in [-0.2, 0) is 15.9 Å². The first kappa shape index (κ1) is 23.2. The summed E-state index contributed by atoms with van der Waals surface area (Å²) >= 11 is -0.106. The molecule has 0 aliphatic heterocycles. The van der Waals surface area contributed by atoms with Crippen molar-refractivity contribution in [3.8, 4) is 36.4 Å². The zero-order valence-corrected chi connectivity index (χ0v) is 14.3. The quantitative estimate of drug-likeness (QED) is 0.429. The van der Waals surface area contributed by atoms with Gasteiger partial charge in [0.15, 0.2) is 0 Å². The summed E-state index contributed by atoms with van der Waals surface area (Å²) in [6, 6.07) is 9.11. The van der Waals surface area contributed by atoms with Crippen LogP contribution in [-0.4, -0.2) is 10.3 Å². The minimum atomic E-state index is -1.54. The standard InChI is InChI=1S/2C4H2N3P.2ClH.Pd/c2*5-1-4(8,2-6)3-7;;;/h2*8H2;2*1H;/q;;;;+2/p-2. The summed E-state index contributed by atoms with van der Waals surface area (Å²) in [6.07, 6.45) is 0. The van der Waals surface area contributed by atoms with Crippen LogP contribution in [0, 0.1) is 68.0 Å². The van der Waals surface area contributed by atoms with E-state index in [1.54, 1.807) is 0 Å². The molecule has 2 unspecified atom stereocenters. The molecule has 0 N–H and O–H groups in total. The predicted molar refractivity (Wildman–Crippen MR) is 70.3 cm³/mol. The first-order valence-electron chi connectivity index (χ1n) is 3.66. The van der Waals surface area contributed by atoms with E-state index in [0.717, 1.165) is 0 Å². The Morgan fingerprint density at radius 2 is 0.737 bits per heavy atom. The van der Waals surface area contributed by atoms with Gasteiger partial charge in [-0.1, -0.05) is 18.5 Å². The Balaban J connectivity index is -0.000000224. The van der Waals surface area contributed by atoms with Gasteiger partial charge < -0.3 is 0 Å². The number of hydrogen-bond donors (Lipinski definition) is 0. The predicted octanol–water partition coefficient (Wildman–Crippen LogP) is 1.72. The van der Waals surface area contributed by atoms with Gasteiger partial charge in [0.1, 0.15) is 36.4 Å². The molecule has 0 bridgehead atoms. The van der Waals surface area contributed by atoms with Gasteiger partial charge >= 0.3 is 35.0 Å². The molecule has 0 heterocycles. The van der Waals surface area contributed by atoms with Gasteiger partial charge in [-0.3, -0.25) is 0 Å². The summed E-state index contributed by atoms with van der Waals surface area (Å²) < 4.78 is 0. The number of nitrogens with zero attached hydrogens (tertiary/aromatic N) is 6. The van der Waals surface area contributed by atoms with Gasteiger partial charge in [-0.05, 0) is 0 Å². The van der Waals surface area contributed by atoms with Crippen molar-refractivity contribution in [2.45, 2.75) is 10.3 Å². The monoisotopic (exact) mass is 422 g/mol. The Bertz CT molecular complexity index is 406. The van der Waals surface area contributed by atoms with Crippen LogP contribution < -0.4 is 0 Å². The maximum atomic E-state index is 8.07. The summed E-state index contributed by atoms with van der Waals surface area (Å²) in [5.41, 5.74) is 0. The topological polar surface area (TPSA) is 143 Å². The summed E-state index contributed by atoms with van der Waals surface area (Å²) in [7, 11) is 13.3. The molecule has 0 saturated heterocycles. The molecule has 0 aliphatic rings. The Labute approximate surface area is 131 Å². The van der Waals surface area contributed by atoms with Crippen LogP contribution in [0.3, 0.4) is 0 Å². The molecule has 0 saturated carbocycles. The zero-order valence-electron chi connectivity index (χ0n) is 8.91. The third kappa shape index (κ3) is 13.3. The fraction of sp³-hybridized carbons (Fsp3) is 0.250. The Hall–Kier alpha value is -0.958. The van der Waals surface area contributed by atoms with Crippen molar-refractivity contribution < 1.29 is 15.9 Å². The van der Waals surface area contributed by atoms with Crippen molar-refractivity contribution in [2.75, 3.05) is 0 Å². The molecule has 100 valence electrons. The normalized spacial score (nSPS) is 8.11. The van der Waals surface area contributed by atoms with E-state index in [1.807, 2.05) is 18.5 Å². The Kier molecular flexibility index (Phi) is 16.4. The van der Waals surface area contributed by atoms with Crippen LogP contribution >= 0.6 is 37.5 Å². The minimum absolute atomic E-state index is 0.106. The second kappa shape index (κ2) is 13.5. The Morgan fingerprint density at radius 3 is 0.737 bits per heavy atom. The van der Waals surface area contributed by atoms with Crippen molar-refractivity contribution in [3.05, 3.63) is 0 Å². The van der Waals surface area contributed by atoms with Crippen LogP contribution in [0.5, 0.6) is 0 Å². The van der Waals surface area contributed by atoms with Crippen molar-refractivity contribution in [2.24, 2.45) is 0 Å². The van der Waals surface area contributed by atoms with E-state index < -0.39 is 10.3 Å².